The van der Waals surface area contributed by atoms with Crippen LogP contribution in [0.2, 0.25) is 0 Å². The first kappa shape index (κ1) is 13.8. The molecule has 2 aromatic heterocycles. The Morgan fingerprint density at radius 3 is 2.84 bits per heavy atom. The third kappa shape index (κ3) is 3.05. The third-order valence-corrected chi connectivity index (χ3v) is 4.26. The molecule has 0 aliphatic heterocycles. The van der Waals surface area contributed by atoms with Gasteiger partial charge in [0.1, 0.15) is 17.1 Å². The van der Waals surface area contributed by atoms with Gasteiger partial charge in [0.25, 0.3) is 0 Å². The summed E-state index contributed by atoms with van der Waals surface area (Å²) < 4.78 is 5.50. The standard InChI is InChI=1S/C14H17NO3S/c1-9(13-5-4-6-19-13)15(3)8-11-7-12(14(16)17)10(2)18-11/h4-7,9H,8H2,1-3H3,(H,16,17). The zero-order chi connectivity index (χ0) is 14.0. The quantitative estimate of drug-likeness (QED) is 0.909. The molecular weight excluding hydrogens is 262 g/mol. The first-order valence-electron chi connectivity index (χ1n) is 6.05. The normalized spacial score (nSPS) is 12.8. The largest absolute Gasteiger partial charge is 0.478 e. The Kier molecular flexibility index (Phi) is 4.07. The summed E-state index contributed by atoms with van der Waals surface area (Å²) in [5.74, 6) is 0.196. The minimum Gasteiger partial charge on any atom is -0.478 e. The average Bonchev–Trinajstić information content (AvgIpc) is 2.97. The number of thiophene rings is 1. The predicted molar refractivity (Wildman–Crippen MR) is 74.6 cm³/mol. The molecule has 0 saturated carbocycles. The number of carbonyl (C=O) groups is 1. The van der Waals surface area contributed by atoms with Crippen LogP contribution in [0.5, 0.6) is 0 Å². The van der Waals surface area contributed by atoms with Crippen molar-refractivity contribution in [2.45, 2.75) is 26.4 Å². The van der Waals surface area contributed by atoms with Crippen LogP contribution in [-0.2, 0) is 6.54 Å². The van der Waals surface area contributed by atoms with Gasteiger partial charge in [0.2, 0.25) is 0 Å². The number of rotatable bonds is 5. The molecule has 0 fully saturated rings. The molecule has 1 atom stereocenters. The molecular formula is C14H17NO3S. The summed E-state index contributed by atoms with van der Waals surface area (Å²) in [4.78, 5) is 14.4. The molecule has 0 bridgehead atoms. The maximum absolute atomic E-state index is 11.0. The number of furan rings is 1. The summed E-state index contributed by atoms with van der Waals surface area (Å²) in [6, 6.07) is 6.01. The van der Waals surface area contributed by atoms with Gasteiger partial charge in [-0.3, -0.25) is 4.90 Å². The van der Waals surface area contributed by atoms with E-state index in [4.69, 9.17) is 9.52 Å². The van der Waals surface area contributed by atoms with Gasteiger partial charge in [-0.2, -0.15) is 0 Å². The van der Waals surface area contributed by atoms with Crippen molar-refractivity contribution >= 4 is 17.3 Å². The first-order chi connectivity index (χ1) is 8.99. The van der Waals surface area contributed by atoms with E-state index >= 15 is 0 Å². The highest BCUT2D eigenvalue weighted by Crippen LogP contribution is 2.25. The average molecular weight is 279 g/mol. The maximum Gasteiger partial charge on any atom is 0.339 e. The molecule has 0 aromatic carbocycles. The molecule has 0 amide bonds. The van der Waals surface area contributed by atoms with Crippen LogP contribution in [-0.4, -0.2) is 23.0 Å². The molecule has 2 rings (SSSR count). The lowest BCUT2D eigenvalue weighted by molar-refractivity contribution is 0.0695. The third-order valence-electron chi connectivity index (χ3n) is 3.22. The molecule has 1 unspecified atom stereocenters. The number of hydrogen-bond acceptors (Lipinski definition) is 4. The van der Waals surface area contributed by atoms with Crippen LogP contribution >= 0.6 is 11.3 Å². The van der Waals surface area contributed by atoms with Crippen LogP contribution in [0.3, 0.4) is 0 Å². The Labute approximate surface area is 116 Å². The van der Waals surface area contributed by atoms with Gasteiger partial charge < -0.3 is 9.52 Å². The molecule has 0 aliphatic rings. The molecule has 4 nitrogen and oxygen atoms in total. The second-order valence-electron chi connectivity index (χ2n) is 4.59. The zero-order valence-electron chi connectivity index (χ0n) is 11.2. The van der Waals surface area contributed by atoms with Crippen LogP contribution in [0.15, 0.2) is 28.0 Å². The van der Waals surface area contributed by atoms with E-state index in [2.05, 4.69) is 23.3 Å². The van der Waals surface area contributed by atoms with Crippen molar-refractivity contribution in [2.24, 2.45) is 0 Å². The smallest absolute Gasteiger partial charge is 0.339 e. The molecule has 102 valence electrons. The van der Waals surface area contributed by atoms with Gasteiger partial charge in [-0.15, -0.1) is 11.3 Å². The van der Waals surface area contributed by atoms with Crippen LogP contribution in [0.25, 0.3) is 0 Å². The first-order valence-corrected chi connectivity index (χ1v) is 6.93. The fraction of sp³-hybridized carbons (Fsp3) is 0.357. The van der Waals surface area contributed by atoms with E-state index in [1.165, 1.54) is 4.88 Å². The number of carboxylic acids is 1. The Bertz CT molecular complexity index is 559. The van der Waals surface area contributed by atoms with Crippen molar-refractivity contribution in [2.75, 3.05) is 7.05 Å². The second-order valence-corrected chi connectivity index (χ2v) is 5.57. The molecule has 0 radical (unpaired) electrons. The lowest BCUT2D eigenvalue weighted by atomic mass is 10.2. The van der Waals surface area contributed by atoms with E-state index in [-0.39, 0.29) is 11.6 Å². The molecule has 0 spiro atoms. The minimum atomic E-state index is -0.943. The van der Waals surface area contributed by atoms with Crippen molar-refractivity contribution in [3.63, 3.8) is 0 Å². The summed E-state index contributed by atoms with van der Waals surface area (Å²) in [5, 5.41) is 11.1. The van der Waals surface area contributed by atoms with Gasteiger partial charge in [0, 0.05) is 10.9 Å². The summed E-state index contributed by atoms with van der Waals surface area (Å²) in [7, 11) is 2.00. The van der Waals surface area contributed by atoms with Crippen LogP contribution in [0, 0.1) is 6.92 Å². The minimum absolute atomic E-state index is 0.243. The number of carboxylic acid groups (broad SMARTS) is 1. The van der Waals surface area contributed by atoms with E-state index in [0.29, 0.717) is 18.1 Å². The van der Waals surface area contributed by atoms with Crippen molar-refractivity contribution in [3.05, 3.63) is 45.5 Å². The van der Waals surface area contributed by atoms with Gasteiger partial charge in [0.05, 0.1) is 6.54 Å². The molecule has 1 N–H and O–H groups in total. The van der Waals surface area contributed by atoms with Crippen LogP contribution < -0.4 is 0 Å². The van der Waals surface area contributed by atoms with E-state index < -0.39 is 5.97 Å². The van der Waals surface area contributed by atoms with Gasteiger partial charge in [0.15, 0.2) is 0 Å². The van der Waals surface area contributed by atoms with E-state index in [1.54, 1.807) is 24.3 Å². The lowest BCUT2D eigenvalue weighted by Gasteiger charge is -2.22. The van der Waals surface area contributed by atoms with Crippen molar-refractivity contribution in [1.82, 2.24) is 4.90 Å². The highest BCUT2D eigenvalue weighted by atomic mass is 32.1. The van der Waals surface area contributed by atoms with Crippen molar-refractivity contribution in [3.8, 4) is 0 Å². The topological polar surface area (TPSA) is 53.7 Å². The van der Waals surface area contributed by atoms with Gasteiger partial charge in [-0.05, 0) is 38.4 Å². The Balaban J connectivity index is 2.08. The van der Waals surface area contributed by atoms with Crippen molar-refractivity contribution < 1.29 is 14.3 Å². The summed E-state index contributed by atoms with van der Waals surface area (Å²) in [6.07, 6.45) is 0. The lowest BCUT2D eigenvalue weighted by Crippen LogP contribution is -2.20. The summed E-state index contributed by atoms with van der Waals surface area (Å²) in [6.45, 7) is 4.39. The van der Waals surface area contributed by atoms with E-state index in [1.807, 2.05) is 13.1 Å². The highest BCUT2D eigenvalue weighted by Gasteiger charge is 2.18. The Morgan fingerprint density at radius 1 is 1.58 bits per heavy atom. The highest BCUT2D eigenvalue weighted by molar-refractivity contribution is 7.10. The second kappa shape index (κ2) is 5.59. The van der Waals surface area contributed by atoms with Gasteiger partial charge in [-0.1, -0.05) is 6.07 Å². The number of nitrogens with zero attached hydrogens (tertiary/aromatic N) is 1. The number of aryl methyl sites for hydroxylation is 1. The molecule has 2 aromatic rings. The number of hydrogen-bond donors (Lipinski definition) is 1. The molecule has 5 heteroatoms. The summed E-state index contributed by atoms with van der Waals surface area (Å²) in [5.41, 5.74) is 0.243. The molecule has 0 saturated heterocycles. The fourth-order valence-corrected chi connectivity index (χ4v) is 2.81. The monoisotopic (exact) mass is 279 g/mol. The molecule has 19 heavy (non-hydrogen) atoms. The SMILES string of the molecule is Cc1oc(CN(C)C(C)c2cccs2)cc1C(=O)O. The fourth-order valence-electron chi connectivity index (χ4n) is 1.96. The van der Waals surface area contributed by atoms with Crippen molar-refractivity contribution in [1.29, 1.82) is 0 Å². The molecule has 2 heterocycles. The summed E-state index contributed by atoms with van der Waals surface area (Å²) >= 11 is 1.72. The predicted octanol–water partition coefficient (Wildman–Crippen LogP) is 3.54. The molecule has 0 aliphatic carbocycles. The Morgan fingerprint density at radius 2 is 2.32 bits per heavy atom. The maximum atomic E-state index is 11.0. The zero-order valence-corrected chi connectivity index (χ0v) is 12.0. The number of aromatic carboxylic acids is 1. The Hall–Kier alpha value is -1.59. The van der Waals surface area contributed by atoms with E-state index in [0.717, 1.165) is 0 Å². The van der Waals surface area contributed by atoms with Gasteiger partial charge in [-0.25, -0.2) is 4.79 Å². The van der Waals surface area contributed by atoms with Gasteiger partial charge >= 0.3 is 5.97 Å². The van der Waals surface area contributed by atoms with Crippen LogP contribution in [0.1, 0.15) is 39.7 Å². The van der Waals surface area contributed by atoms with E-state index in [9.17, 15) is 4.79 Å². The van der Waals surface area contributed by atoms with Crippen LogP contribution in [0.4, 0.5) is 0 Å².